The van der Waals surface area contributed by atoms with E-state index in [9.17, 15) is 14.4 Å². The Hall–Kier alpha value is -3.50. The van der Waals surface area contributed by atoms with Gasteiger partial charge in [-0.25, -0.2) is 9.59 Å². The zero-order chi connectivity index (χ0) is 30.8. The van der Waals surface area contributed by atoms with E-state index < -0.39 is 12.2 Å². The van der Waals surface area contributed by atoms with Crippen molar-refractivity contribution in [1.29, 1.82) is 0 Å². The Morgan fingerprint density at radius 1 is 0.977 bits per heavy atom. The predicted octanol–water partition coefficient (Wildman–Crippen LogP) is 4.60. The molecule has 6 rings (SSSR count). The summed E-state index contributed by atoms with van der Waals surface area (Å²) in [4.78, 5) is 49.2. The molecule has 11 heteroatoms. The summed E-state index contributed by atoms with van der Waals surface area (Å²) in [6.45, 7) is 6.47. The van der Waals surface area contributed by atoms with Crippen LogP contribution < -0.4 is 11.4 Å². The number of fused-ring (bicyclic) bond motifs is 1. The number of nitrogens with one attached hydrogen (secondary N) is 1. The normalized spacial score (nSPS) is 19.5. The zero-order valence-corrected chi connectivity index (χ0v) is 26.2. The highest BCUT2D eigenvalue weighted by molar-refractivity contribution is 6.33. The number of aromatic amines is 1. The topological polar surface area (TPSA) is 117 Å². The van der Waals surface area contributed by atoms with Gasteiger partial charge in [-0.1, -0.05) is 36.7 Å². The Bertz CT molecular complexity index is 1550. The molecule has 4 heterocycles. The van der Waals surface area contributed by atoms with Crippen molar-refractivity contribution in [2.45, 2.75) is 76.5 Å². The van der Waals surface area contributed by atoms with Crippen molar-refractivity contribution >= 4 is 40.3 Å². The van der Waals surface area contributed by atoms with Gasteiger partial charge < -0.3 is 30.2 Å². The van der Waals surface area contributed by atoms with Crippen LogP contribution in [-0.2, 0) is 22.4 Å². The first kappa shape index (κ1) is 30.5. The van der Waals surface area contributed by atoms with E-state index in [0.29, 0.717) is 62.2 Å². The number of H-pyrrole nitrogens is 1. The van der Waals surface area contributed by atoms with Crippen molar-refractivity contribution in [2.75, 3.05) is 45.0 Å². The van der Waals surface area contributed by atoms with Crippen LogP contribution in [0.15, 0.2) is 41.2 Å². The Kier molecular flexibility index (Phi) is 9.18. The molecule has 0 bridgehead atoms. The molecule has 2 amide bonds. The van der Waals surface area contributed by atoms with Gasteiger partial charge in [0.1, 0.15) is 0 Å². The van der Waals surface area contributed by atoms with Crippen LogP contribution in [0.3, 0.4) is 0 Å². The lowest BCUT2D eigenvalue weighted by atomic mass is 9.99. The molecule has 3 fully saturated rings. The maximum absolute atomic E-state index is 13.9. The lowest BCUT2D eigenvalue weighted by Gasteiger charge is -2.38. The summed E-state index contributed by atoms with van der Waals surface area (Å²) in [5, 5.41) is 0.442. The van der Waals surface area contributed by atoms with Crippen molar-refractivity contribution in [3.63, 3.8) is 0 Å². The number of hydrogen-bond donors (Lipinski definition) is 2. The van der Waals surface area contributed by atoms with Gasteiger partial charge in [-0.05, 0) is 87.4 Å². The van der Waals surface area contributed by atoms with Gasteiger partial charge in [-0.15, -0.1) is 0 Å². The molecule has 1 atom stereocenters. The fourth-order valence-electron chi connectivity index (χ4n) is 7.24. The standard InChI is InChI=1S/C33H43ClN6O4/c1-2-23-19-22(20-26(34)30(23)35)21-29(31(41)38-15-9-24(10-16-38)37-13-5-6-14-37)44-33(43)39-17-11-25(12-18-39)40-28-8-4-3-7-27(28)36-32(40)42/h3-4,7-8,19-20,24-25,29H,2,5-6,9-18,21,35H2,1H3,(H,36,42)/t29-/m1/s1. The second-order valence-electron chi connectivity index (χ2n) is 12.4. The number of piperidine rings is 2. The number of imidazole rings is 1. The fourth-order valence-corrected chi connectivity index (χ4v) is 7.50. The van der Waals surface area contributed by atoms with Crippen LogP contribution in [0.5, 0.6) is 0 Å². The van der Waals surface area contributed by atoms with Crippen LogP contribution in [0.2, 0.25) is 5.02 Å². The van der Waals surface area contributed by atoms with Crippen molar-refractivity contribution in [2.24, 2.45) is 0 Å². The second-order valence-corrected chi connectivity index (χ2v) is 12.8. The molecular weight excluding hydrogens is 580 g/mol. The monoisotopic (exact) mass is 622 g/mol. The molecule has 0 saturated carbocycles. The number of aromatic nitrogens is 2. The average Bonchev–Trinajstić information content (AvgIpc) is 3.70. The first-order valence-electron chi connectivity index (χ1n) is 16.1. The molecule has 236 valence electrons. The van der Waals surface area contributed by atoms with Crippen LogP contribution in [0.1, 0.15) is 62.6 Å². The summed E-state index contributed by atoms with van der Waals surface area (Å²) in [6, 6.07) is 11.9. The minimum atomic E-state index is -0.968. The molecule has 2 aromatic carbocycles. The molecular formula is C33H43ClN6O4. The van der Waals surface area contributed by atoms with E-state index in [4.69, 9.17) is 22.1 Å². The molecule has 3 saturated heterocycles. The number of nitrogens with zero attached hydrogens (tertiary/aromatic N) is 4. The number of hydrogen-bond acceptors (Lipinski definition) is 6. The van der Waals surface area contributed by atoms with Crippen molar-refractivity contribution in [3.8, 4) is 0 Å². The number of benzene rings is 2. The molecule has 3 aliphatic heterocycles. The highest BCUT2D eigenvalue weighted by Gasteiger charge is 2.35. The first-order chi connectivity index (χ1) is 21.3. The number of rotatable bonds is 7. The maximum Gasteiger partial charge on any atom is 0.410 e. The van der Waals surface area contributed by atoms with Gasteiger partial charge in [-0.2, -0.15) is 0 Å². The number of ether oxygens (including phenoxy) is 1. The van der Waals surface area contributed by atoms with Gasteiger partial charge in [0.15, 0.2) is 6.10 Å². The predicted molar refractivity (Wildman–Crippen MR) is 172 cm³/mol. The Morgan fingerprint density at radius 2 is 1.64 bits per heavy atom. The van der Waals surface area contributed by atoms with E-state index in [1.165, 1.54) is 12.8 Å². The van der Waals surface area contributed by atoms with Gasteiger partial charge in [0.25, 0.3) is 5.91 Å². The van der Waals surface area contributed by atoms with E-state index in [1.807, 2.05) is 42.2 Å². The third kappa shape index (κ3) is 6.33. The van der Waals surface area contributed by atoms with Gasteiger partial charge in [0.2, 0.25) is 0 Å². The van der Waals surface area contributed by atoms with Gasteiger partial charge >= 0.3 is 11.8 Å². The van der Waals surface area contributed by atoms with E-state index in [0.717, 1.165) is 48.1 Å². The number of nitrogen functional groups attached to an aromatic ring is 1. The molecule has 3 N–H and O–H groups in total. The third-order valence-electron chi connectivity index (χ3n) is 9.74. The molecule has 0 spiro atoms. The summed E-state index contributed by atoms with van der Waals surface area (Å²) < 4.78 is 7.83. The fraction of sp³-hybridized carbons (Fsp3) is 0.545. The van der Waals surface area contributed by atoms with Crippen molar-refractivity contribution < 1.29 is 14.3 Å². The van der Waals surface area contributed by atoms with Crippen molar-refractivity contribution in [1.82, 2.24) is 24.3 Å². The minimum Gasteiger partial charge on any atom is -0.436 e. The number of aryl methyl sites for hydroxylation is 1. The molecule has 1 aromatic heterocycles. The van der Waals surface area contributed by atoms with E-state index in [-0.39, 0.29) is 24.1 Å². The molecule has 0 radical (unpaired) electrons. The second kappa shape index (κ2) is 13.2. The van der Waals surface area contributed by atoms with Crippen LogP contribution in [0, 0.1) is 0 Å². The average molecular weight is 623 g/mol. The van der Waals surface area contributed by atoms with Gasteiger partial charge in [-0.3, -0.25) is 9.36 Å². The Morgan fingerprint density at radius 3 is 2.34 bits per heavy atom. The SMILES string of the molecule is CCc1cc(C[C@@H](OC(=O)N2CCC(n3c(=O)[nH]c4ccccc43)CC2)C(=O)N2CCC(N3CCCC3)CC2)cc(Cl)c1N. The zero-order valence-electron chi connectivity index (χ0n) is 25.5. The summed E-state index contributed by atoms with van der Waals surface area (Å²) in [5.41, 5.74) is 9.97. The smallest absolute Gasteiger partial charge is 0.410 e. The summed E-state index contributed by atoms with van der Waals surface area (Å²) >= 11 is 6.45. The highest BCUT2D eigenvalue weighted by Crippen LogP contribution is 2.29. The molecule has 0 aliphatic carbocycles. The number of halogens is 1. The van der Waals surface area contributed by atoms with E-state index in [2.05, 4.69) is 9.88 Å². The molecule has 3 aromatic rings. The molecule has 44 heavy (non-hydrogen) atoms. The first-order valence-corrected chi connectivity index (χ1v) is 16.4. The quantitative estimate of drug-likeness (QED) is 0.372. The number of amides is 2. The van der Waals surface area contributed by atoms with Crippen LogP contribution in [-0.4, -0.2) is 87.7 Å². The molecule has 0 unspecified atom stereocenters. The summed E-state index contributed by atoms with van der Waals surface area (Å²) in [5.74, 6) is -0.163. The van der Waals surface area contributed by atoms with E-state index >= 15 is 0 Å². The van der Waals surface area contributed by atoms with Gasteiger partial charge in [0.05, 0.1) is 21.7 Å². The van der Waals surface area contributed by atoms with E-state index in [1.54, 1.807) is 15.5 Å². The number of carbonyl (C=O) groups is 2. The van der Waals surface area contributed by atoms with Gasteiger partial charge in [0, 0.05) is 44.7 Å². The van der Waals surface area contributed by atoms with Crippen molar-refractivity contribution in [3.05, 3.63) is 63.0 Å². The van der Waals surface area contributed by atoms with Crippen LogP contribution in [0.4, 0.5) is 10.5 Å². The summed E-state index contributed by atoms with van der Waals surface area (Å²) in [6.07, 6.45) is 5.05. The molecule has 3 aliphatic rings. The summed E-state index contributed by atoms with van der Waals surface area (Å²) in [7, 11) is 0. The maximum atomic E-state index is 13.9. The largest absolute Gasteiger partial charge is 0.436 e. The Labute approximate surface area is 263 Å². The lowest BCUT2D eigenvalue weighted by molar-refractivity contribution is -0.142. The van der Waals surface area contributed by atoms with Crippen LogP contribution in [0.25, 0.3) is 11.0 Å². The Balaban J connectivity index is 1.14. The number of anilines is 1. The minimum absolute atomic E-state index is 0.0265. The number of nitrogens with two attached hydrogens (primary N) is 1. The number of para-hydroxylation sites is 2. The highest BCUT2D eigenvalue weighted by atomic mass is 35.5. The third-order valence-corrected chi connectivity index (χ3v) is 10.1. The molecule has 10 nitrogen and oxygen atoms in total. The number of carbonyl (C=O) groups excluding carboxylic acids is 2. The number of likely N-dealkylation sites (tertiary alicyclic amines) is 3. The lowest BCUT2D eigenvalue weighted by Crippen LogP contribution is -2.51. The van der Waals surface area contributed by atoms with Crippen LogP contribution >= 0.6 is 11.6 Å².